The van der Waals surface area contributed by atoms with Gasteiger partial charge in [-0.3, -0.25) is 9.69 Å². The molecule has 0 amide bonds. The van der Waals surface area contributed by atoms with Gasteiger partial charge in [-0.05, 0) is 38.5 Å². The Bertz CT molecular complexity index is 276. The molecule has 0 heterocycles. The Morgan fingerprint density at radius 2 is 1.89 bits per heavy atom. The maximum atomic E-state index is 11.8. The fourth-order valence-corrected chi connectivity index (χ4v) is 3.38. The molecule has 0 aromatic carbocycles. The molecule has 0 aromatic rings. The number of carbonyl (C=O) groups excluding carboxylic acids is 1. The lowest BCUT2D eigenvalue weighted by Crippen LogP contribution is -2.46. The Kier molecular flexibility index (Phi) is 5.04. The van der Waals surface area contributed by atoms with E-state index in [1.54, 1.807) is 0 Å². The monoisotopic (exact) mass is 253 g/mol. The summed E-state index contributed by atoms with van der Waals surface area (Å²) in [5.74, 6) is 0.749. The first kappa shape index (κ1) is 13.9. The van der Waals surface area contributed by atoms with Crippen molar-refractivity contribution < 1.29 is 9.53 Å². The predicted octanol–water partition coefficient (Wildman–Crippen LogP) is 2.98. The molecular formula is C15H27NO2. The van der Waals surface area contributed by atoms with Crippen LogP contribution < -0.4 is 0 Å². The lowest BCUT2D eigenvalue weighted by atomic mass is 9.82. The summed E-state index contributed by atoms with van der Waals surface area (Å²) in [6.45, 7) is 5.19. The summed E-state index contributed by atoms with van der Waals surface area (Å²) in [6, 6.07) is 1.28. The molecule has 2 unspecified atom stereocenters. The molecule has 0 radical (unpaired) electrons. The van der Waals surface area contributed by atoms with Gasteiger partial charge in [-0.1, -0.05) is 26.2 Å². The van der Waals surface area contributed by atoms with Crippen molar-refractivity contribution in [3.8, 4) is 0 Å². The van der Waals surface area contributed by atoms with Gasteiger partial charge in [-0.25, -0.2) is 0 Å². The minimum Gasteiger partial charge on any atom is -0.465 e. The van der Waals surface area contributed by atoms with E-state index in [9.17, 15) is 4.79 Å². The Morgan fingerprint density at radius 3 is 2.50 bits per heavy atom. The van der Waals surface area contributed by atoms with E-state index in [-0.39, 0.29) is 5.97 Å². The molecule has 0 bridgehead atoms. The summed E-state index contributed by atoms with van der Waals surface area (Å²) in [5, 5.41) is 0. The summed E-state index contributed by atoms with van der Waals surface area (Å²) in [5.41, 5.74) is 0. The van der Waals surface area contributed by atoms with Crippen molar-refractivity contribution in [2.75, 3.05) is 13.2 Å². The van der Waals surface area contributed by atoms with Gasteiger partial charge in [0.2, 0.25) is 0 Å². The number of hydrogen-bond acceptors (Lipinski definition) is 3. The first-order chi connectivity index (χ1) is 8.76. The molecule has 2 aliphatic rings. The fourth-order valence-electron chi connectivity index (χ4n) is 3.38. The van der Waals surface area contributed by atoms with Gasteiger partial charge >= 0.3 is 5.97 Å². The van der Waals surface area contributed by atoms with Crippen molar-refractivity contribution in [3.05, 3.63) is 0 Å². The van der Waals surface area contributed by atoms with E-state index < -0.39 is 0 Å². The zero-order valence-corrected chi connectivity index (χ0v) is 11.9. The highest BCUT2D eigenvalue weighted by atomic mass is 16.5. The molecule has 2 fully saturated rings. The van der Waals surface area contributed by atoms with Crippen molar-refractivity contribution in [2.45, 2.75) is 70.9 Å². The van der Waals surface area contributed by atoms with Crippen molar-refractivity contribution in [1.29, 1.82) is 0 Å². The molecule has 2 rings (SSSR count). The van der Waals surface area contributed by atoms with Crippen LogP contribution in [-0.2, 0) is 9.53 Å². The van der Waals surface area contributed by atoms with Crippen LogP contribution in [0.4, 0.5) is 0 Å². The van der Waals surface area contributed by atoms with Gasteiger partial charge in [0.15, 0.2) is 0 Å². The Morgan fingerprint density at radius 1 is 1.17 bits per heavy atom. The van der Waals surface area contributed by atoms with Crippen molar-refractivity contribution in [3.63, 3.8) is 0 Å². The maximum Gasteiger partial charge on any atom is 0.320 e. The number of carbonyl (C=O) groups is 1. The maximum absolute atomic E-state index is 11.8. The predicted molar refractivity (Wildman–Crippen MR) is 72.4 cm³/mol. The summed E-state index contributed by atoms with van der Waals surface area (Å²) in [6.07, 6.45) is 9.09. The van der Waals surface area contributed by atoms with Crippen LogP contribution in [0.1, 0.15) is 58.8 Å². The normalized spacial score (nSPS) is 28.4. The van der Waals surface area contributed by atoms with Crippen molar-refractivity contribution in [2.24, 2.45) is 5.92 Å². The zero-order chi connectivity index (χ0) is 13.0. The Labute approximate surface area is 111 Å². The standard InChI is InChI=1S/C15H27NO2/c1-3-12-7-5-6-8-14(12)16(13-9-10-13)11-15(17)18-4-2/h12-14H,3-11H2,1-2H3. The minimum absolute atomic E-state index is 0.0372. The smallest absolute Gasteiger partial charge is 0.320 e. The molecule has 0 aliphatic heterocycles. The number of nitrogens with zero attached hydrogens (tertiary/aromatic N) is 1. The van der Waals surface area contributed by atoms with Gasteiger partial charge in [0.1, 0.15) is 0 Å². The second-order valence-corrected chi connectivity index (χ2v) is 5.73. The first-order valence-electron chi connectivity index (χ1n) is 7.67. The third-order valence-corrected chi connectivity index (χ3v) is 4.45. The van der Waals surface area contributed by atoms with Crippen LogP contribution in [0, 0.1) is 5.92 Å². The van der Waals surface area contributed by atoms with Gasteiger partial charge in [0.25, 0.3) is 0 Å². The summed E-state index contributed by atoms with van der Waals surface area (Å²) < 4.78 is 5.13. The quantitative estimate of drug-likeness (QED) is 0.682. The zero-order valence-electron chi connectivity index (χ0n) is 11.9. The van der Waals surface area contributed by atoms with Crippen molar-refractivity contribution in [1.82, 2.24) is 4.90 Å². The van der Waals surface area contributed by atoms with Crippen LogP contribution >= 0.6 is 0 Å². The second-order valence-electron chi connectivity index (χ2n) is 5.73. The molecule has 0 aromatic heterocycles. The van der Waals surface area contributed by atoms with E-state index in [2.05, 4.69) is 11.8 Å². The summed E-state index contributed by atoms with van der Waals surface area (Å²) in [4.78, 5) is 14.2. The van der Waals surface area contributed by atoms with Crippen LogP contribution in [0.25, 0.3) is 0 Å². The van der Waals surface area contributed by atoms with Gasteiger partial charge in [-0.15, -0.1) is 0 Å². The number of ether oxygens (including phenoxy) is 1. The molecule has 18 heavy (non-hydrogen) atoms. The van der Waals surface area contributed by atoms with Crippen LogP contribution in [0.2, 0.25) is 0 Å². The molecule has 3 nitrogen and oxygen atoms in total. The van der Waals surface area contributed by atoms with Crippen molar-refractivity contribution >= 4 is 5.97 Å². The molecular weight excluding hydrogens is 226 g/mol. The van der Waals surface area contributed by atoms with Crippen LogP contribution in [0.3, 0.4) is 0 Å². The highest BCUT2D eigenvalue weighted by molar-refractivity contribution is 5.71. The van der Waals surface area contributed by atoms with Gasteiger partial charge in [0, 0.05) is 12.1 Å². The number of hydrogen-bond donors (Lipinski definition) is 0. The molecule has 3 heteroatoms. The highest BCUT2D eigenvalue weighted by Crippen LogP contribution is 2.37. The largest absolute Gasteiger partial charge is 0.465 e. The highest BCUT2D eigenvalue weighted by Gasteiger charge is 2.38. The third kappa shape index (κ3) is 3.47. The lowest BCUT2D eigenvalue weighted by Gasteiger charge is -2.39. The molecule has 104 valence electrons. The van der Waals surface area contributed by atoms with Crippen LogP contribution in [0.15, 0.2) is 0 Å². The van der Waals surface area contributed by atoms with Gasteiger partial charge in [0.05, 0.1) is 13.2 Å². The Hall–Kier alpha value is -0.570. The van der Waals surface area contributed by atoms with E-state index in [4.69, 9.17) is 4.74 Å². The molecule has 0 spiro atoms. The fraction of sp³-hybridized carbons (Fsp3) is 0.933. The average molecular weight is 253 g/mol. The van der Waals surface area contributed by atoms with E-state index >= 15 is 0 Å². The van der Waals surface area contributed by atoms with Gasteiger partial charge in [-0.2, -0.15) is 0 Å². The average Bonchev–Trinajstić information content (AvgIpc) is 3.20. The Balaban J connectivity index is 1.97. The molecule has 0 saturated heterocycles. The topological polar surface area (TPSA) is 29.5 Å². The van der Waals surface area contributed by atoms with Crippen LogP contribution in [0.5, 0.6) is 0 Å². The van der Waals surface area contributed by atoms with E-state index in [1.165, 1.54) is 44.9 Å². The van der Waals surface area contributed by atoms with E-state index in [0.717, 1.165) is 5.92 Å². The number of rotatable bonds is 6. The van der Waals surface area contributed by atoms with E-state index in [1.807, 2.05) is 6.92 Å². The lowest BCUT2D eigenvalue weighted by molar-refractivity contribution is -0.145. The first-order valence-corrected chi connectivity index (χ1v) is 7.67. The number of esters is 1. The summed E-state index contributed by atoms with van der Waals surface area (Å²) >= 11 is 0. The molecule has 2 atom stereocenters. The molecule has 2 saturated carbocycles. The molecule has 2 aliphatic carbocycles. The SMILES string of the molecule is CCOC(=O)CN(C1CC1)C1CCCCC1CC. The van der Waals surface area contributed by atoms with Gasteiger partial charge < -0.3 is 4.74 Å². The van der Waals surface area contributed by atoms with E-state index in [0.29, 0.717) is 25.2 Å². The third-order valence-electron chi connectivity index (χ3n) is 4.45. The summed E-state index contributed by atoms with van der Waals surface area (Å²) in [7, 11) is 0. The minimum atomic E-state index is -0.0372. The van der Waals surface area contributed by atoms with Crippen LogP contribution in [-0.4, -0.2) is 36.1 Å². The molecule has 0 N–H and O–H groups in total. The second kappa shape index (κ2) is 6.55.